The van der Waals surface area contributed by atoms with Crippen LogP contribution in [0.2, 0.25) is 0 Å². The van der Waals surface area contributed by atoms with Crippen LogP contribution in [-0.2, 0) is 0 Å². The van der Waals surface area contributed by atoms with E-state index in [-0.39, 0.29) is 28.9 Å². The third kappa shape index (κ3) is 4.87. The van der Waals surface area contributed by atoms with Crippen LogP contribution in [0.1, 0.15) is 92.1 Å². The van der Waals surface area contributed by atoms with Crippen molar-refractivity contribution < 1.29 is 14.7 Å². The van der Waals surface area contributed by atoms with Gasteiger partial charge in [0.2, 0.25) is 0 Å². The lowest BCUT2D eigenvalue weighted by Gasteiger charge is -2.26. The predicted molar refractivity (Wildman–Crippen MR) is 141 cm³/mol. The highest BCUT2D eigenvalue weighted by molar-refractivity contribution is 7.17. The Morgan fingerprint density at radius 2 is 1.78 bits per heavy atom. The minimum Gasteiger partial charge on any atom is -0.388 e. The first-order valence-corrected chi connectivity index (χ1v) is 13.9. The fourth-order valence-corrected chi connectivity index (χ4v) is 6.40. The molecule has 194 valence electrons. The number of fused-ring (bicyclic) bond motifs is 2. The largest absolute Gasteiger partial charge is 0.388 e. The molecule has 2 saturated heterocycles. The fourth-order valence-electron chi connectivity index (χ4n) is 5.37. The van der Waals surface area contributed by atoms with E-state index >= 15 is 0 Å². The lowest BCUT2D eigenvalue weighted by atomic mass is 10.0. The molecule has 0 aromatic carbocycles. The lowest BCUT2D eigenvalue weighted by Crippen LogP contribution is -2.47. The molecular weight excluding hydrogens is 474 g/mol. The van der Waals surface area contributed by atoms with Crippen molar-refractivity contribution in [3.05, 3.63) is 28.5 Å². The number of aromatic nitrogens is 2. The Hall–Kier alpha value is -2.52. The molecule has 5 rings (SSSR count). The minimum absolute atomic E-state index is 0.0928. The number of rotatable bonds is 8. The molecule has 1 saturated carbocycles. The molecule has 2 atom stereocenters. The van der Waals surface area contributed by atoms with Crippen molar-refractivity contribution in [2.75, 3.05) is 5.32 Å². The molecule has 0 radical (unpaired) electrons. The molecule has 3 aliphatic rings. The van der Waals surface area contributed by atoms with Gasteiger partial charge in [-0.1, -0.05) is 0 Å². The minimum atomic E-state index is -1.08. The molecule has 1 aliphatic carbocycles. The Kier molecular flexibility index (Phi) is 6.57. The van der Waals surface area contributed by atoms with Crippen LogP contribution in [0, 0.1) is 12.8 Å². The third-order valence-electron chi connectivity index (χ3n) is 8.18. The first-order valence-electron chi connectivity index (χ1n) is 13.1. The number of thiazole rings is 1. The fraction of sp³-hybridized carbons (Fsp3) is 0.630. The summed E-state index contributed by atoms with van der Waals surface area (Å²) in [7, 11) is 0. The number of hydrogen-bond donors (Lipinski definition) is 3. The molecule has 0 spiro atoms. The maximum Gasteiger partial charge on any atom is 0.280 e. The number of hydrogen-bond acceptors (Lipinski definition) is 7. The van der Waals surface area contributed by atoms with Gasteiger partial charge in [-0.15, -0.1) is 11.3 Å². The highest BCUT2D eigenvalue weighted by Gasteiger charge is 2.44. The van der Waals surface area contributed by atoms with Crippen LogP contribution in [0.5, 0.6) is 0 Å². The van der Waals surface area contributed by atoms with Crippen molar-refractivity contribution in [1.29, 1.82) is 0 Å². The maximum absolute atomic E-state index is 13.8. The van der Waals surface area contributed by atoms with Crippen LogP contribution < -0.4 is 10.6 Å². The normalized spacial score (nSPS) is 23.0. The zero-order chi connectivity index (χ0) is 25.8. The van der Waals surface area contributed by atoms with Crippen molar-refractivity contribution in [2.24, 2.45) is 5.92 Å². The van der Waals surface area contributed by atoms with E-state index in [0.717, 1.165) is 42.6 Å². The van der Waals surface area contributed by atoms with Crippen molar-refractivity contribution >= 4 is 29.0 Å². The van der Waals surface area contributed by atoms with Gasteiger partial charge in [-0.2, -0.15) is 0 Å². The van der Waals surface area contributed by atoms with Crippen LogP contribution in [0.4, 0.5) is 5.82 Å². The molecule has 36 heavy (non-hydrogen) atoms. The molecular formula is C27H37N5O3S. The molecule has 2 aromatic rings. The predicted octanol–water partition coefficient (Wildman–Crippen LogP) is 4.38. The van der Waals surface area contributed by atoms with Crippen molar-refractivity contribution in [2.45, 2.75) is 103 Å². The van der Waals surface area contributed by atoms with Crippen molar-refractivity contribution in [3.63, 3.8) is 0 Å². The number of nitrogens with zero attached hydrogens (tertiary/aromatic N) is 3. The molecule has 3 fully saturated rings. The van der Waals surface area contributed by atoms with E-state index in [1.54, 1.807) is 27.0 Å². The average Bonchev–Trinajstić information content (AvgIpc) is 3.29. The van der Waals surface area contributed by atoms with Crippen LogP contribution >= 0.6 is 11.3 Å². The van der Waals surface area contributed by atoms with Crippen molar-refractivity contribution in [3.8, 4) is 10.4 Å². The zero-order valence-corrected chi connectivity index (χ0v) is 22.6. The average molecular weight is 512 g/mol. The summed E-state index contributed by atoms with van der Waals surface area (Å²) in [5, 5.41) is 16.8. The van der Waals surface area contributed by atoms with Crippen LogP contribution in [-0.4, -0.2) is 61.6 Å². The third-order valence-corrected chi connectivity index (χ3v) is 9.27. The number of aryl methyl sites for hydroxylation is 1. The zero-order valence-electron chi connectivity index (χ0n) is 21.8. The Balaban J connectivity index is 1.48. The summed E-state index contributed by atoms with van der Waals surface area (Å²) in [4.78, 5) is 38.8. The van der Waals surface area contributed by atoms with Gasteiger partial charge in [-0.05, 0) is 90.7 Å². The maximum atomic E-state index is 13.8. The van der Waals surface area contributed by atoms with E-state index < -0.39 is 11.6 Å². The second-order valence-electron chi connectivity index (χ2n) is 11.4. The molecule has 0 unspecified atom stereocenters. The first kappa shape index (κ1) is 25.1. The van der Waals surface area contributed by atoms with E-state index in [0.29, 0.717) is 22.5 Å². The molecule has 9 heteroatoms. The summed E-state index contributed by atoms with van der Waals surface area (Å²) in [5.74, 6) is 1.05. The van der Waals surface area contributed by atoms with Crippen LogP contribution in [0.25, 0.3) is 10.4 Å². The molecule has 2 bridgehead atoms. The molecule has 2 aliphatic heterocycles. The second kappa shape index (κ2) is 9.41. The Morgan fingerprint density at radius 3 is 2.33 bits per heavy atom. The summed E-state index contributed by atoms with van der Waals surface area (Å²) in [6.45, 7) is 9.25. The summed E-state index contributed by atoms with van der Waals surface area (Å²) >= 11 is 1.22. The molecule has 3 N–H and O–H groups in total. The molecule has 2 amide bonds. The number of amides is 2. The number of nitrogens with one attached hydrogen (secondary N) is 2. The Morgan fingerprint density at radius 1 is 1.14 bits per heavy atom. The van der Waals surface area contributed by atoms with E-state index in [4.69, 9.17) is 0 Å². The number of carbonyl (C=O) groups excluding carboxylic acids is 2. The Labute approximate surface area is 216 Å². The van der Waals surface area contributed by atoms with Gasteiger partial charge in [-0.3, -0.25) is 9.59 Å². The number of aliphatic hydroxyl groups is 1. The number of carbonyl (C=O) groups is 2. The van der Waals surface area contributed by atoms with Crippen LogP contribution in [0.3, 0.4) is 0 Å². The summed E-state index contributed by atoms with van der Waals surface area (Å²) in [6.07, 6.45) is 8.44. The monoisotopic (exact) mass is 511 g/mol. The highest BCUT2D eigenvalue weighted by Crippen LogP contribution is 2.41. The van der Waals surface area contributed by atoms with Gasteiger partial charge in [0.25, 0.3) is 11.8 Å². The SMILES string of the molecule is Cc1cc(N[C@H](C)C2CC2)ncc1-c1sc(C(=O)N[C@H](C)C(C)(C)O)nc1C(=O)N1C2CCC1CC2. The van der Waals surface area contributed by atoms with Crippen molar-refractivity contribution in [1.82, 2.24) is 20.2 Å². The van der Waals surface area contributed by atoms with E-state index in [2.05, 4.69) is 27.5 Å². The molecule has 4 heterocycles. The van der Waals surface area contributed by atoms with Gasteiger partial charge in [0.1, 0.15) is 11.5 Å². The van der Waals surface area contributed by atoms with Gasteiger partial charge in [-0.25, -0.2) is 9.97 Å². The molecule has 8 nitrogen and oxygen atoms in total. The van der Waals surface area contributed by atoms with E-state index in [1.807, 2.05) is 17.9 Å². The van der Waals surface area contributed by atoms with Gasteiger partial charge in [0, 0.05) is 29.9 Å². The van der Waals surface area contributed by atoms with Crippen LogP contribution in [0.15, 0.2) is 12.3 Å². The number of pyridine rings is 1. The topological polar surface area (TPSA) is 107 Å². The quantitative estimate of drug-likeness (QED) is 0.486. The van der Waals surface area contributed by atoms with Gasteiger partial charge >= 0.3 is 0 Å². The summed E-state index contributed by atoms with van der Waals surface area (Å²) < 4.78 is 0. The summed E-state index contributed by atoms with van der Waals surface area (Å²) in [5.41, 5.74) is 1.05. The Bertz CT molecular complexity index is 1150. The first-order chi connectivity index (χ1) is 17.0. The van der Waals surface area contributed by atoms with E-state index in [1.165, 1.54) is 24.2 Å². The van der Waals surface area contributed by atoms with E-state index in [9.17, 15) is 14.7 Å². The van der Waals surface area contributed by atoms with Gasteiger partial charge in [0.05, 0.1) is 16.5 Å². The van der Waals surface area contributed by atoms with Gasteiger partial charge in [0.15, 0.2) is 5.01 Å². The smallest absolute Gasteiger partial charge is 0.280 e. The second-order valence-corrected chi connectivity index (χ2v) is 12.4. The lowest BCUT2D eigenvalue weighted by molar-refractivity contribution is 0.0408. The molecule has 2 aromatic heterocycles. The number of anilines is 1. The van der Waals surface area contributed by atoms with Gasteiger partial charge < -0.3 is 20.6 Å². The summed E-state index contributed by atoms with van der Waals surface area (Å²) in [6, 6.07) is 2.44. The standard InChI is InChI=1S/C27H37N5O3S/c1-14-12-21(29-15(2)17-6-7-17)28-13-20(14)23-22(26(34)32-18-8-9-19(32)11-10-18)31-25(36-23)24(33)30-16(3)27(4,5)35/h12-13,15-19,35H,6-11H2,1-5H3,(H,28,29)(H,30,33)/t15-,16-,18?,19?/m1/s1. The highest BCUT2D eigenvalue weighted by atomic mass is 32.1.